The minimum atomic E-state index is -0.358. The third-order valence-corrected chi connectivity index (χ3v) is 3.14. The molecule has 1 aromatic carbocycles. The van der Waals surface area contributed by atoms with E-state index in [4.69, 9.17) is 16.0 Å². The maximum absolute atomic E-state index is 11.2. The zero-order valence-corrected chi connectivity index (χ0v) is 13.2. The Balaban J connectivity index is 0.00000176. The number of anilines is 2. The molecule has 0 aliphatic rings. The Morgan fingerprint density at radius 3 is 2.68 bits per heavy atom. The second kappa shape index (κ2) is 7.20. The van der Waals surface area contributed by atoms with Crippen molar-refractivity contribution in [3.8, 4) is 0 Å². The van der Waals surface area contributed by atoms with Crippen LogP contribution in [0.2, 0.25) is 5.02 Å². The number of hydrogen-bond donors (Lipinski definition) is 2. The molecule has 0 unspecified atom stereocenters. The van der Waals surface area contributed by atoms with Gasteiger partial charge in [-0.25, -0.2) is 9.78 Å². The van der Waals surface area contributed by atoms with Gasteiger partial charge in [0.05, 0.1) is 11.7 Å². The average molecular weight is 336 g/mol. The van der Waals surface area contributed by atoms with Gasteiger partial charge in [0.1, 0.15) is 11.4 Å². The molecule has 114 valence electrons. The van der Waals surface area contributed by atoms with Crippen molar-refractivity contribution in [3.63, 3.8) is 0 Å². The van der Waals surface area contributed by atoms with Gasteiger partial charge in [0.25, 0.3) is 0 Å². The highest BCUT2D eigenvalue weighted by Crippen LogP contribution is 2.17. The van der Waals surface area contributed by atoms with Gasteiger partial charge in [-0.1, -0.05) is 11.6 Å². The highest BCUT2D eigenvalue weighted by molar-refractivity contribution is 7.59. The number of nitrogens with zero attached hydrogens (tertiary/aromatic N) is 1. The Morgan fingerprint density at radius 2 is 1.91 bits per heavy atom. The van der Waals surface area contributed by atoms with Crippen LogP contribution in [0.15, 0.2) is 57.9 Å². The maximum Gasteiger partial charge on any atom is 0.336 e. The minimum absolute atomic E-state index is 0. The molecular weight excluding hydrogens is 322 g/mol. The number of pyridine rings is 1. The van der Waals surface area contributed by atoms with Gasteiger partial charge in [-0.05, 0) is 30.3 Å². The number of hydrogen-bond acceptors (Lipinski definition) is 5. The second-order valence-corrected chi connectivity index (χ2v) is 4.84. The van der Waals surface area contributed by atoms with Crippen LogP contribution in [0.4, 0.5) is 11.5 Å². The summed E-state index contributed by atoms with van der Waals surface area (Å²) >= 11 is 5.77. The van der Waals surface area contributed by atoms with E-state index in [-0.39, 0.29) is 19.1 Å². The van der Waals surface area contributed by atoms with Crippen molar-refractivity contribution in [3.05, 3.63) is 64.1 Å². The lowest BCUT2D eigenvalue weighted by Crippen LogP contribution is -2.12. The van der Waals surface area contributed by atoms with E-state index in [1.807, 2.05) is 12.1 Å². The zero-order chi connectivity index (χ0) is 14.7. The first-order chi connectivity index (χ1) is 10.2. The molecule has 0 bridgehead atoms. The molecule has 2 N–H and O–H groups in total. The van der Waals surface area contributed by atoms with Crippen molar-refractivity contribution < 1.29 is 4.42 Å². The average Bonchev–Trinajstić information content (AvgIpc) is 2.49. The molecule has 0 amide bonds. The third-order valence-electron chi connectivity index (χ3n) is 2.91. The molecule has 0 saturated heterocycles. The number of nitrogens with one attached hydrogen (secondary N) is 2. The Hall–Kier alpha value is -2.18. The van der Waals surface area contributed by atoms with Gasteiger partial charge in [-0.2, -0.15) is 13.5 Å². The van der Waals surface area contributed by atoms with Crippen molar-refractivity contribution in [2.75, 3.05) is 17.3 Å². The summed E-state index contributed by atoms with van der Waals surface area (Å²) < 4.78 is 5.14. The SMILES string of the molecule is O=c1ccc2ccc(NCNc3ccc(Cl)cn3)cc2o1.S. The van der Waals surface area contributed by atoms with Gasteiger partial charge in [0.2, 0.25) is 0 Å². The van der Waals surface area contributed by atoms with Crippen LogP contribution in [-0.4, -0.2) is 11.7 Å². The predicted molar refractivity (Wildman–Crippen MR) is 94.2 cm³/mol. The minimum Gasteiger partial charge on any atom is -0.423 e. The van der Waals surface area contributed by atoms with E-state index in [1.165, 1.54) is 6.07 Å². The monoisotopic (exact) mass is 335 g/mol. The van der Waals surface area contributed by atoms with Crippen LogP contribution in [0, 0.1) is 0 Å². The van der Waals surface area contributed by atoms with Crippen LogP contribution >= 0.6 is 25.1 Å². The van der Waals surface area contributed by atoms with E-state index >= 15 is 0 Å². The molecule has 0 atom stereocenters. The molecule has 3 aromatic rings. The summed E-state index contributed by atoms with van der Waals surface area (Å²) in [6.07, 6.45) is 1.58. The van der Waals surface area contributed by atoms with E-state index in [9.17, 15) is 4.79 Å². The standard InChI is InChI=1S/C15H12ClN3O2.H2S/c16-11-3-5-14(17-8-11)19-9-18-12-4-1-10-2-6-15(20)21-13(10)7-12;/h1-8,18H,9H2,(H,17,19);1H2. The topological polar surface area (TPSA) is 67.2 Å². The second-order valence-electron chi connectivity index (χ2n) is 4.40. The van der Waals surface area contributed by atoms with Crippen molar-refractivity contribution in [2.45, 2.75) is 0 Å². The van der Waals surface area contributed by atoms with Crippen LogP contribution in [0.1, 0.15) is 0 Å². The summed E-state index contributed by atoms with van der Waals surface area (Å²) in [5.41, 5.74) is 1.04. The quantitative estimate of drug-likeness (QED) is 0.564. The zero-order valence-electron chi connectivity index (χ0n) is 11.5. The lowest BCUT2D eigenvalue weighted by Gasteiger charge is -2.09. The fraction of sp³-hybridized carbons (Fsp3) is 0.0667. The van der Waals surface area contributed by atoms with E-state index in [2.05, 4.69) is 15.6 Å². The Kier molecular flexibility index (Phi) is 5.30. The molecule has 7 heteroatoms. The summed E-state index contributed by atoms with van der Waals surface area (Å²) in [5, 5.41) is 7.76. The highest BCUT2D eigenvalue weighted by Gasteiger charge is 1.99. The summed E-state index contributed by atoms with van der Waals surface area (Å²) in [7, 11) is 0. The Morgan fingerprint density at radius 1 is 1.09 bits per heavy atom. The van der Waals surface area contributed by atoms with Crippen LogP contribution in [0.3, 0.4) is 0 Å². The fourth-order valence-electron chi connectivity index (χ4n) is 1.89. The van der Waals surface area contributed by atoms with E-state index in [0.717, 1.165) is 16.9 Å². The molecule has 3 rings (SSSR count). The van der Waals surface area contributed by atoms with E-state index in [0.29, 0.717) is 17.3 Å². The fourth-order valence-corrected chi connectivity index (χ4v) is 2.00. The molecule has 0 aliphatic heterocycles. The summed E-state index contributed by atoms with van der Waals surface area (Å²) in [5.74, 6) is 0.722. The van der Waals surface area contributed by atoms with Crippen LogP contribution < -0.4 is 16.3 Å². The number of aromatic nitrogens is 1. The molecule has 0 saturated carbocycles. The van der Waals surface area contributed by atoms with Crippen LogP contribution in [0.5, 0.6) is 0 Å². The number of halogens is 1. The predicted octanol–water partition coefficient (Wildman–Crippen LogP) is 3.44. The number of rotatable bonds is 4. The molecule has 0 aliphatic carbocycles. The molecule has 0 radical (unpaired) electrons. The first-order valence-corrected chi connectivity index (χ1v) is 6.72. The smallest absolute Gasteiger partial charge is 0.336 e. The molecule has 2 aromatic heterocycles. The van der Waals surface area contributed by atoms with E-state index in [1.54, 1.807) is 30.5 Å². The molecule has 5 nitrogen and oxygen atoms in total. The highest BCUT2D eigenvalue weighted by atomic mass is 35.5. The normalized spacial score (nSPS) is 10.0. The van der Waals surface area contributed by atoms with Gasteiger partial charge in [-0.15, -0.1) is 0 Å². The van der Waals surface area contributed by atoms with Gasteiger partial charge in [0.15, 0.2) is 0 Å². The number of fused-ring (bicyclic) bond motifs is 1. The van der Waals surface area contributed by atoms with Gasteiger partial charge in [0, 0.05) is 29.4 Å². The molecular formula is C15H14ClN3O2S. The third kappa shape index (κ3) is 3.93. The van der Waals surface area contributed by atoms with Crippen molar-refractivity contribution in [1.29, 1.82) is 0 Å². The lowest BCUT2D eigenvalue weighted by atomic mass is 10.2. The summed E-state index contributed by atoms with van der Waals surface area (Å²) in [4.78, 5) is 15.3. The van der Waals surface area contributed by atoms with Crippen molar-refractivity contribution in [1.82, 2.24) is 4.98 Å². The van der Waals surface area contributed by atoms with Gasteiger partial charge < -0.3 is 15.1 Å². The lowest BCUT2D eigenvalue weighted by molar-refractivity contribution is 0.561. The molecule has 22 heavy (non-hydrogen) atoms. The number of benzene rings is 1. The first-order valence-electron chi connectivity index (χ1n) is 6.34. The van der Waals surface area contributed by atoms with Crippen LogP contribution in [-0.2, 0) is 0 Å². The molecule has 0 fully saturated rings. The summed E-state index contributed by atoms with van der Waals surface area (Å²) in [6, 6.07) is 12.3. The van der Waals surface area contributed by atoms with Crippen molar-refractivity contribution >= 4 is 47.6 Å². The first kappa shape index (κ1) is 16.2. The van der Waals surface area contributed by atoms with Gasteiger partial charge >= 0.3 is 5.63 Å². The van der Waals surface area contributed by atoms with Crippen molar-refractivity contribution in [2.24, 2.45) is 0 Å². The summed E-state index contributed by atoms with van der Waals surface area (Å²) in [6.45, 7) is 0.483. The van der Waals surface area contributed by atoms with Crippen LogP contribution in [0.25, 0.3) is 11.0 Å². The Bertz CT molecular complexity index is 821. The largest absolute Gasteiger partial charge is 0.423 e. The van der Waals surface area contributed by atoms with Gasteiger partial charge in [-0.3, -0.25) is 0 Å². The molecule has 2 heterocycles. The van der Waals surface area contributed by atoms with E-state index < -0.39 is 0 Å². The maximum atomic E-state index is 11.2. The molecule has 0 spiro atoms. The Labute approximate surface area is 138 Å².